The third kappa shape index (κ3) is 2.18. The zero-order chi connectivity index (χ0) is 13.3. The van der Waals surface area contributed by atoms with E-state index >= 15 is 0 Å². The van der Waals surface area contributed by atoms with E-state index in [1.54, 1.807) is 0 Å². The van der Waals surface area contributed by atoms with Crippen LogP contribution >= 0.6 is 11.6 Å². The molecule has 3 rings (SSSR count). The predicted octanol–water partition coefficient (Wildman–Crippen LogP) is 4.11. The average molecular weight is 272 g/mol. The maximum Gasteiger partial charge on any atom is 0.0444 e. The molecule has 0 aliphatic heterocycles. The first-order chi connectivity index (χ1) is 9.25. The van der Waals surface area contributed by atoms with Crippen molar-refractivity contribution < 1.29 is 0 Å². The van der Waals surface area contributed by atoms with Crippen molar-refractivity contribution in [2.45, 2.75) is 24.2 Å². The van der Waals surface area contributed by atoms with Crippen LogP contribution < -0.4 is 5.73 Å². The van der Waals surface area contributed by atoms with Crippen LogP contribution in [0.25, 0.3) is 0 Å². The molecule has 1 aliphatic carbocycles. The standard InChI is InChI=1S/C17H18ClN/c18-16-9-5-4-8-15(16)17(12-19)10-14(11-17)13-6-2-1-3-7-13/h1-9,14H,10-12,19H2. The van der Waals surface area contributed by atoms with Gasteiger partial charge in [-0.15, -0.1) is 0 Å². The van der Waals surface area contributed by atoms with Crippen LogP contribution in [0, 0.1) is 0 Å². The summed E-state index contributed by atoms with van der Waals surface area (Å²) in [6.45, 7) is 0.667. The van der Waals surface area contributed by atoms with Crippen molar-refractivity contribution in [2.24, 2.45) is 5.73 Å². The van der Waals surface area contributed by atoms with Gasteiger partial charge in [-0.25, -0.2) is 0 Å². The number of hydrogen-bond donors (Lipinski definition) is 1. The van der Waals surface area contributed by atoms with E-state index in [2.05, 4.69) is 42.5 Å². The molecular weight excluding hydrogens is 254 g/mol. The summed E-state index contributed by atoms with van der Waals surface area (Å²) < 4.78 is 0. The summed E-state index contributed by atoms with van der Waals surface area (Å²) in [5.41, 5.74) is 8.75. The molecule has 2 heteroatoms. The topological polar surface area (TPSA) is 26.0 Å². The molecule has 2 aromatic rings. The van der Waals surface area contributed by atoms with Gasteiger partial charge in [-0.05, 0) is 36.0 Å². The molecule has 2 N–H and O–H groups in total. The largest absolute Gasteiger partial charge is 0.330 e. The van der Waals surface area contributed by atoms with Crippen LogP contribution in [0.3, 0.4) is 0 Å². The zero-order valence-corrected chi connectivity index (χ0v) is 11.6. The molecule has 98 valence electrons. The van der Waals surface area contributed by atoms with E-state index in [0.717, 1.165) is 17.9 Å². The second-order valence-corrected chi connectivity index (χ2v) is 5.89. The van der Waals surface area contributed by atoms with Crippen LogP contribution in [0.2, 0.25) is 5.02 Å². The number of nitrogens with two attached hydrogens (primary N) is 1. The van der Waals surface area contributed by atoms with E-state index in [4.69, 9.17) is 17.3 Å². The lowest BCUT2D eigenvalue weighted by Crippen LogP contribution is -2.46. The van der Waals surface area contributed by atoms with Gasteiger partial charge in [0.1, 0.15) is 0 Å². The third-order valence-corrected chi connectivity index (χ3v) is 4.71. The first kappa shape index (κ1) is 12.7. The van der Waals surface area contributed by atoms with Gasteiger partial charge in [0, 0.05) is 17.0 Å². The van der Waals surface area contributed by atoms with Crippen molar-refractivity contribution >= 4 is 11.6 Å². The highest BCUT2D eigenvalue weighted by atomic mass is 35.5. The van der Waals surface area contributed by atoms with Gasteiger partial charge < -0.3 is 5.73 Å². The zero-order valence-electron chi connectivity index (χ0n) is 10.9. The SMILES string of the molecule is NCC1(c2ccccc2Cl)CC(c2ccccc2)C1. The van der Waals surface area contributed by atoms with E-state index < -0.39 is 0 Å². The molecule has 0 radical (unpaired) electrons. The Kier molecular flexibility index (Phi) is 3.34. The summed E-state index contributed by atoms with van der Waals surface area (Å²) in [5.74, 6) is 0.612. The van der Waals surface area contributed by atoms with Crippen molar-refractivity contribution in [3.63, 3.8) is 0 Å². The minimum Gasteiger partial charge on any atom is -0.330 e. The summed E-state index contributed by atoms with van der Waals surface area (Å²) in [6, 6.07) is 18.8. The molecule has 0 bridgehead atoms. The van der Waals surface area contributed by atoms with Crippen molar-refractivity contribution in [3.8, 4) is 0 Å². The summed E-state index contributed by atoms with van der Waals surface area (Å²) in [7, 11) is 0. The molecule has 1 nitrogen and oxygen atoms in total. The molecule has 0 aromatic heterocycles. The normalized spacial score (nSPS) is 25.9. The highest BCUT2D eigenvalue weighted by Crippen LogP contribution is 2.53. The van der Waals surface area contributed by atoms with Crippen molar-refractivity contribution in [1.29, 1.82) is 0 Å². The van der Waals surface area contributed by atoms with Gasteiger partial charge in [0.25, 0.3) is 0 Å². The Bertz CT molecular complexity index is 558. The Morgan fingerprint density at radius 2 is 1.63 bits per heavy atom. The molecule has 0 saturated heterocycles. The average Bonchev–Trinajstić information content (AvgIpc) is 2.41. The first-order valence-electron chi connectivity index (χ1n) is 6.75. The third-order valence-electron chi connectivity index (χ3n) is 4.38. The fourth-order valence-electron chi connectivity index (χ4n) is 3.23. The molecule has 0 atom stereocenters. The molecule has 19 heavy (non-hydrogen) atoms. The van der Waals surface area contributed by atoms with Crippen LogP contribution in [0.15, 0.2) is 54.6 Å². The highest BCUT2D eigenvalue weighted by molar-refractivity contribution is 6.31. The summed E-state index contributed by atoms with van der Waals surface area (Å²) in [4.78, 5) is 0. The number of rotatable bonds is 3. The van der Waals surface area contributed by atoms with Crippen LogP contribution in [0.5, 0.6) is 0 Å². The van der Waals surface area contributed by atoms with Crippen LogP contribution in [0.1, 0.15) is 29.9 Å². The monoisotopic (exact) mass is 271 g/mol. The van der Waals surface area contributed by atoms with E-state index in [9.17, 15) is 0 Å². The Hall–Kier alpha value is -1.31. The molecule has 1 aliphatic rings. The van der Waals surface area contributed by atoms with Crippen LogP contribution in [-0.2, 0) is 5.41 Å². The molecule has 0 amide bonds. The fourth-order valence-corrected chi connectivity index (χ4v) is 3.57. The minimum absolute atomic E-state index is 0.0683. The lowest BCUT2D eigenvalue weighted by atomic mass is 9.57. The highest BCUT2D eigenvalue weighted by Gasteiger charge is 2.45. The summed E-state index contributed by atoms with van der Waals surface area (Å²) in [6.07, 6.45) is 2.19. The summed E-state index contributed by atoms with van der Waals surface area (Å²) >= 11 is 6.34. The van der Waals surface area contributed by atoms with Crippen LogP contribution in [-0.4, -0.2) is 6.54 Å². The number of halogens is 1. The van der Waals surface area contributed by atoms with E-state index in [0.29, 0.717) is 12.5 Å². The second kappa shape index (κ2) is 4.99. The smallest absolute Gasteiger partial charge is 0.0444 e. The molecule has 2 aromatic carbocycles. The Morgan fingerprint density at radius 1 is 1.00 bits per heavy atom. The fraction of sp³-hybridized carbons (Fsp3) is 0.294. The van der Waals surface area contributed by atoms with Gasteiger partial charge in [0.2, 0.25) is 0 Å². The summed E-state index contributed by atoms with van der Waals surface area (Å²) in [5, 5.41) is 0.847. The maximum atomic E-state index is 6.34. The second-order valence-electron chi connectivity index (χ2n) is 5.48. The molecule has 0 spiro atoms. The molecule has 0 heterocycles. The van der Waals surface area contributed by atoms with Crippen molar-refractivity contribution in [1.82, 2.24) is 0 Å². The molecule has 0 unspecified atom stereocenters. The van der Waals surface area contributed by atoms with Gasteiger partial charge in [-0.2, -0.15) is 0 Å². The van der Waals surface area contributed by atoms with Gasteiger partial charge in [-0.1, -0.05) is 60.1 Å². The maximum absolute atomic E-state index is 6.34. The first-order valence-corrected chi connectivity index (χ1v) is 7.13. The van der Waals surface area contributed by atoms with Gasteiger partial charge in [-0.3, -0.25) is 0 Å². The van der Waals surface area contributed by atoms with Crippen molar-refractivity contribution in [2.75, 3.05) is 6.54 Å². The molecular formula is C17H18ClN. The van der Waals surface area contributed by atoms with E-state index in [1.165, 1.54) is 11.1 Å². The minimum atomic E-state index is 0.0683. The quantitative estimate of drug-likeness (QED) is 0.893. The Labute approximate surface area is 119 Å². The molecule has 1 saturated carbocycles. The van der Waals surface area contributed by atoms with E-state index in [-0.39, 0.29) is 5.41 Å². The van der Waals surface area contributed by atoms with E-state index in [1.807, 2.05) is 12.1 Å². The molecule has 1 fully saturated rings. The Balaban J connectivity index is 1.84. The van der Waals surface area contributed by atoms with Crippen molar-refractivity contribution in [3.05, 3.63) is 70.7 Å². The van der Waals surface area contributed by atoms with Gasteiger partial charge in [0.05, 0.1) is 0 Å². The van der Waals surface area contributed by atoms with Crippen LogP contribution in [0.4, 0.5) is 0 Å². The predicted molar refractivity (Wildman–Crippen MR) is 80.6 cm³/mol. The Morgan fingerprint density at radius 3 is 2.26 bits per heavy atom. The number of hydrogen-bond acceptors (Lipinski definition) is 1. The number of benzene rings is 2. The van der Waals surface area contributed by atoms with Gasteiger partial charge in [0.15, 0.2) is 0 Å². The van der Waals surface area contributed by atoms with Gasteiger partial charge >= 0.3 is 0 Å². The lowest BCUT2D eigenvalue weighted by molar-refractivity contribution is 0.209. The lowest BCUT2D eigenvalue weighted by Gasteiger charge is -2.48.